The van der Waals surface area contributed by atoms with Gasteiger partial charge in [0.1, 0.15) is 10.8 Å². The Kier molecular flexibility index (Phi) is 4.40. The topological polar surface area (TPSA) is 49.2 Å². The molecule has 0 bridgehead atoms. The van der Waals surface area contributed by atoms with E-state index in [1.165, 1.54) is 12.1 Å². The first kappa shape index (κ1) is 15.4. The fraction of sp³-hybridized carbons (Fsp3) is 0.500. The van der Waals surface area contributed by atoms with Crippen LogP contribution in [0.5, 0.6) is 0 Å². The van der Waals surface area contributed by atoms with Gasteiger partial charge in [0.2, 0.25) is 5.13 Å². The van der Waals surface area contributed by atoms with Crippen molar-refractivity contribution in [3.8, 4) is 0 Å². The molecule has 1 saturated heterocycles. The van der Waals surface area contributed by atoms with E-state index in [0.717, 1.165) is 41.6 Å². The van der Waals surface area contributed by atoms with Crippen LogP contribution in [-0.4, -0.2) is 35.0 Å². The van der Waals surface area contributed by atoms with Gasteiger partial charge in [-0.15, -0.1) is 10.2 Å². The van der Waals surface area contributed by atoms with Crippen molar-refractivity contribution in [2.45, 2.75) is 26.2 Å². The van der Waals surface area contributed by atoms with Crippen LogP contribution in [0.4, 0.5) is 9.52 Å². The Balaban J connectivity index is 1.69. The minimum absolute atomic E-state index is 0.0545. The monoisotopic (exact) mass is 321 g/mol. The minimum Gasteiger partial charge on any atom is -0.396 e. The summed E-state index contributed by atoms with van der Waals surface area (Å²) in [7, 11) is 0. The lowest BCUT2D eigenvalue weighted by Crippen LogP contribution is -2.43. The van der Waals surface area contributed by atoms with Gasteiger partial charge in [-0.25, -0.2) is 4.39 Å². The molecule has 0 spiro atoms. The van der Waals surface area contributed by atoms with Crippen molar-refractivity contribution >= 4 is 16.5 Å². The molecule has 1 aromatic carbocycles. The van der Waals surface area contributed by atoms with E-state index in [1.807, 2.05) is 0 Å². The van der Waals surface area contributed by atoms with E-state index in [1.54, 1.807) is 23.5 Å². The van der Waals surface area contributed by atoms with Crippen molar-refractivity contribution in [1.29, 1.82) is 0 Å². The van der Waals surface area contributed by atoms with Crippen molar-refractivity contribution in [2.24, 2.45) is 5.41 Å². The number of hydrogen-bond acceptors (Lipinski definition) is 5. The third-order valence-corrected chi connectivity index (χ3v) is 5.14. The fourth-order valence-corrected chi connectivity index (χ4v) is 3.73. The summed E-state index contributed by atoms with van der Waals surface area (Å²) in [5, 5.41) is 19.9. The Morgan fingerprint density at radius 2 is 2.09 bits per heavy atom. The summed E-state index contributed by atoms with van der Waals surface area (Å²) in [5.41, 5.74) is 0.976. The van der Waals surface area contributed by atoms with Crippen LogP contribution >= 0.6 is 11.3 Å². The highest BCUT2D eigenvalue weighted by atomic mass is 32.1. The average Bonchev–Trinajstić information content (AvgIpc) is 2.98. The number of anilines is 1. The predicted molar refractivity (Wildman–Crippen MR) is 85.8 cm³/mol. The Labute approximate surface area is 133 Å². The molecule has 1 aliphatic rings. The molecule has 1 atom stereocenters. The van der Waals surface area contributed by atoms with E-state index in [9.17, 15) is 9.50 Å². The van der Waals surface area contributed by atoms with Crippen molar-refractivity contribution in [3.63, 3.8) is 0 Å². The summed E-state index contributed by atoms with van der Waals surface area (Å²) in [6.45, 7) is 4.08. The Bertz CT molecular complexity index is 631. The molecule has 2 aromatic rings. The lowest BCUT2D eigenvalue weighted by molar-refractivity contribution is 0.123. The zero-order chi connectivity index (χ0) is 15.6. The van der Waals surface area contributed by atoms with Crippen LogP contribution in [0.1, 0.15) is 30.3 Å². The van der Waals surface area contributed by atoms with Gasteiger partial charge in [-0.1, -0.05) is 30.4 Å². The van der Waals surface area contributed by atoms with Crippen LogP contribution in [0.25, 0.3) is 0 Å². The summed E-state index contributed by atoms with van der Waals surface area (Å²) in [5.74, 6) is -0.224. The van der Waals surface area contributed by atoms with E-state index >= 15 is 0 Å². The molecule has 1 aromatic heterocycles. The molecule has 118 valence electrons. The van der Waals surface area contributed by atoms with E-state index < -0.39 is 0 Å². The molecular weight excluding hydrogens is 301 g/mol. The molecule has 0 aliphatic carbocycles. The number of aliphatic hydroxyl groups is 1. The first-order valence-electron chi connectivity index (χ1n) is 7.51. The molecule has 1 N–H and O–H groups in total. The first-order chi connectivity index (χ1) is 10.6. The van der Waals surface area contributed by atoms with E-state index in [2.05, 4.69) is 22.0 Å². The summed E-state index contributed by atoms with van der Waals surface area (Å²) < 4.78 is 12.9. The second-order valence-electron chi connectivity index (χ2n) is 6.28. The molecule has 2 heterocycles. The second kappa shape index (κ2) is 6.30. The van der Waals surface area contributed by atoms with Gasteiger partial charge in [-0.3, -0.25) is 0 Å². The molecule has 0 unspecified atom stereocenters. The number of piperidine rings is 1. The molecule has 4 nitrogen and oxygen atoms in total. The van der Waals surface area contributed by atoms with E-state index in [0.29, 0.717) is 6.42 Å². The van der Waals surface area contributed by atoms with Gasteiger partial charge in [0.05, 0.1) is 6.61 Å². The Hall–Kier alpha value is -1.53. The van der Waals surface area contributed by atoms with Gasteiger partial charge in [0.25, 0.3) is 0 Å². The molecule has 6 heteroatoms. The first-order valence-corrected chi connectivity index (χ1v) is 8.32. The highest BCUT2D eigenvalue weighted by molar-refractivity contribution is 7.15. The van der Waals surface area contributed by atoms with E-state index in [4.69, 9.17) is 0 Å². The normalized spacial score (nSPS) is 22.0. The Morgan fingerprint density at radius 1 is 1.32 bits per heavy atom. The highest BCUT2D eigenvalue weighted by Gasteiger charge is 2.31. The third-order valence-electron chi connectivity index (χ3n) is 4.16. The molecule has 1 fully saturated rings. The number of halogens is 1. The fourth-order valence-electron chi connectivity index (χ4n) is 2.83. The van der Waals surface area contributed by atoms with Crippen molar-refractivity contribution in [3.05, 3.63) is 40.7 Å². The quantitative estimate of drug-likeness (QED) is 0.941. The molecule has 0 amide bonds. The molecule has 0 saturated carbocycles. The lowest BCUT2D eigenvalue weighted by Gasteiger charge is -2.38. The largest absolute Gasteiger partial charge is 0.396 e. The number of aromatic nitrogens is 2. The van der Waals surface area contributed by atoms with Gasteiger partial charge in [-0.05, 0) is 30.5 Å². The van der Waals surface area contributed by atoms with Gasteiger partial charge < -0.3 is 10.0 Å². The van der Waals surface area contributed by atoms with Gasteiger partial charge in [0, 0.05) is 24.9 Å². The van der Waals surface area contributed by atoms with Gasteiger partial charge >= 0.3 is 0 Å². The zero-order valence-corrected chi connectivity index (χ0v) is 13.4. The van der Waals surface area contributed by atoms with Crippen molar-refractivity contribution in [2.75, 3.05) is 24.6 Å². The third kappa shape index (κ3) is 3.44. The number of aliphatic hydroxyl groups excluding tert-OH is 1. The standard InChI is InChI=1S/C16H20FN3OS/c1-16(11-21)7-2-8-20(10-16)15-19-18-14(22-15)9-12-3-5-13(17)6-4-12/h3-6,21H,2,7-11H2,1H3/t16-/m1/s1. The van der Waals surface area contributed by atoms with Crippen LogP contribution in [0.3, 0.4) is 0 Å². The Morgan fingerprint density at radius 3 is 2.82 bits per heavy atom. The molecule has 22 heavy (non-hydrogen) atoms. The minimum atomic E-state index is -0.224. The van der Waals surface area contributed by atoms with Crippen molar-refractivity contribution < 1.29 is 9.50 Å². The van der Waals surface area contributed by atoms with Crippen molar-refractivity contribution in [1.82, 2.24) is 10.2 Å². The van der Waals surface area contributed by atoms with Gasteiger partial charge in [0.15, 0.2) is 0 Å². The maximum Gasteiger partial charge on any atom is 0.208 e. The smallest absolute Gasteiger partial charge is 0.208 e. The summed E-state index contributed by atoms with van der Waals surface area (Å²) in [6.07, 6.45) is 2.77. The van der Waals surface area contributed by atoms with Crippen LogP contribution < -0.4 is 4.90 Å². The summed E-state index contributed by atoms with van der Waals surface area (Å²) >= 11 is 1.58. The number of benzene rings is 1. The van der Waals surface area contributed by atoms with Gasteiger partial charge in [-0.2, -0.15) is 0 Å². The molecule has 0 radical (unpaired) electrons. The van der Waals surface area contributed by atoms with Crippen LogP contribution in [-0.2, 0) is 6.42 Å². The average molecular weight is 321 g/mol. The molecule has 1 aliphatic heterocycles. The van der Waals surface area contributed by atoms with E-state index in [-0.39, 0.29) is 17.8 Å². The maximum absolute atomic E-state index is 12.9. The van der Waals surface area contributed by atoms with Crippen LogP contribution in [0, 0.1) is 11.2 Å². The zero-order valence-electron chi connectivity index (χ0n) is 12.6. The SMILES string of the molecule is C[C@@]1(CO)CCCN(c2nnc(Cc3ccc(F)cc3)s2)C1. The summed E-state index contributed by atoms with van der Waals surface area (Å²) in [6, 6.07) is 6.49. The highest BCUT2D eigenvalue weighted by Crippen LogP contribution is 2.33. The summed E-state index contributed by atoms with van der Waals surface area (Å²) in [4.78, 5) is 2.21. The number of nitrogens with zero attached hydrogens (tertiary/aromatic N) is 3. The lowest BCUT2D eigenvalue weighted by atomic mass is 9.83. The second-order valence-corrected chi connectivity index (χ2v) is 7.32. The van der Waals surface area contributed by atoms with Crippen LogP contribution in [0.15, 0.2) is 24.3 Å². The number of rotatable bonds is 4. The molecular formula is C16H20FN3OS. The predicted octanol–water partition coefficient (Wildman–Crippen LogP) is 2.87. The number of hydrogen-bond donors (Lipinski definition) is 1. The maximum atomic E-state index is 12.9. The van der Waals surface area contributed by atoms with Crippen LogP contribution in [0.2, 0.25) is 0 Å². The molecule has 3 rings (SSSR count).